The van der Waals surface area contributed by atoms with Crippen LogP contribution in [0.15, 0.2) is 53.0 Å². The van der Waals surface area contributed by atoms with Gasteiger partial charge in [0.1, 0.15) is 5.75 Å². The first-order valence-corrected chi connectivity index (χ1v) is 8.97. The predicted molar refractivity (Wildman–Crippen MR) is 96.6 cm³/mol. The maximum absolute atomic E-state index is 12.5. The van der Waals surface area contributed by atoms with Crippen LogP contribution in [0.3, 0.4) is 0 Å². The molecule has 0 aliphatic heterocycles. The topological polar surface area (TPSA) is 61.8 Å². The van der Waals surface area contributed by atoms with E-state index in [0.29, 0.717) is 36.5 Å². The first kappa shape index (κ1) is 18.2. The van der Waals surface area contributed by atoms with E-state index in [0.717, 1.165) is 25.0 Å². The summed E-state index contributed by atoms with van der Waals surface area (Å²) in [6, 6.07) is 9.76. The van der Waals surface area contributed by atoms with Crippen LogP contribution >= 0.6 is 0 Å². The van der Waals surface area contributed by atoms with E-state index in [9.17, 15) is 9.59 Å². The molecule has 0 bridgehead atoms. The van der Waals surface area contributed by atoms with Crippen molar-refractivity contribution < 1.29 is 23.8 Å². The molecule has 1 aromatic carbocycles. The van der Waals surface area contributed by atoms with Gasteiger partial charge in [0.2, 0.25) is 23.1 Å². The van der Waals surface area contributed by atoms with Gasteiger partial charge < -0.3 is 14.2 Å². The summed E-state index contributed by atoms with van der Waals surface area (Å²) in [5.74, 6) is 0.870. The average Bonchev–Trinajstić information content (AvgIpc) is 3.10. The standard InChI is InChI=1S/C21H24O5/c1-24-20-18(22)16-12-14(13-17(16)19(23)21(20)25-2)8-6-7-11-26-15-9-4-3-5-10-15/h3-5,9-10,14H,6-8,11-13H2,1-2H3. The minimum absolute atomic E-state index is 0.0353. The van der Waals surface area contributed by atoms with E-state index in [1.54, 1.807) is 0 Å². The van der Waals surface area contributed by atoms with E-state index in [2.05, 4.69) is 0 Å². The molecule has 0 N–H and O–H groups in total. The van der Waals surface area contributed by atoms with Gasteiger partial charge in [0.05, 0.1) is 20.8 Å². The Hall–Kier alpha value is -2.56. The van der Waals surface area contributed by atoms with E-state index in [-0.39, 0.29) is 23.1 Å². The number of allylic oxidation sites excluding steroid dienone is 2. The lowest BCUT2D eigenvalue weighted by Gasteiger charge is -2.17. The molecule has 5 nitrogen and oxygen atoms in total. The summed E-state index contributed by atoms with van der Waals surface area (Å²) < 4.78 is 15.9. The molecular weight excluding hydrogens is 332 g/mol. The molecule has 5 heteroatoms. The molecule has 0 saturated carbocycles. The number of Topliss-reactive ketones (excluding diaryl/α,β-unsaturated/α-hetero) is 2. The molecular formula is C21H24O5. The van der Waals surface area contributed by atoms with Gasteiger partial charge >= 0.3 is 0 Å². The number of rotatable bonds is 8. The number of methoxy groups -OCH3 is 2. The Morgan fingerprint density at radius 1 is 0.885 bits per heavy atom. The summed E-state index contributed by atoms with van der Waals surface area (Å²) in [7, 11) is 2.79. The first-order chi connectivity index (χ1) is 12.7. The molecule has 0 radical (unpaired) electrons. The molecule has 0 aromatic heterocycles. The van der Waals surface area contributed by atoms with Crippen molar-refractivity contribution in [3.05, 3.63) is 53.0 Å². The molecule has 3 rings (SSSR count). The fourth-order valence-corrected chi connectivity index (χ4v) is 3.65. The van der Waals surface area contributed by atoms with E-state index in [1.165, 1.54) is 14.2 Å². The molecule has 0 fully saturated rings. The number of carbonyl (C=O) groups excluding carboxylic acids is 2. The van der Waals surface area contributed by atoms with Crippen molar-refractivity contribution in [1.29, 1.82) is 0 Å². The highest BCUT2D eigenvalue weighted by molar-refractivity contribution is 6.24. The molecule has 0 amide bonds. The lowest BCUT2D eigenvalue weighted by molar-refractivity contribution is -0.121. The van der Waals surface area contributed by atoms with Crippen molar-refractivity contribution in [2.24, 2.45) is 5.92 Å². The normalized spacial score (nSPS) is 17.6. The van der Waals surface area contributed by atoms with Gasteiger partial charge in [-0.15, -0.1) is 0 Å². The Balaban J connectivity index is 1.48. The summed E-state index contributed by atoms with van der Waals surface area (Å²) in [6.45, 7) is 0.672. The second-order valence-corrected chi connectivity index (χ2v) is 6.61. The minimum atomic E-state index is -0.200. The number of para-hydroxylation sites is 1. The van der Waals surface area contributed by atoms with Crippen molar-refractivity contribution >= 4 is 11.6 Å². The Kier molecular flexibility index (Phi) is 5.76. The van der Waals surface area contributed by atoms with Gasteiger partial charge in [0.25, 0.3) is 0 Å². The maximum Gasteiger partial charge on any atom is 0.228 e. The molecule has 0 heterocycles. The van der Waals surface area contributed by atoms with E-state index in [1.807, 2.05) is 30.3 Å². The molecule has 2 aliphatic carbocycles. The summed E-state index contributed by atoms with van der Waals surface area (Å²) in [5.41, 5.74) is 1.22. The van der Waals surface area contributed by atoms with Crippen LogP contribution in [0.2, 0.25) is 0 Å². The largest absolute Gasteiger partial charge is 0.494 e. The van der Waals surface area contributed by atoms with Crippen molar-refractivity contribution in [3.8, 4) is 5.75 Å². The molecule has 26 heavy (non-hydrogen) atoms. The lowest BCUT2D eigenvalue weighted by Crippen LogP contribution is -2.23. The van der Waals surface area contributed by atoms with Gasteiger partial charge in [-0.05, 0) is 50.2 Å². The van der Waals surface area contributed by atoms with Crippen molar-refractivity contribution in [2.45, 2.75) is 32.1 Å². The van der Waals surface area contributed by atoms with Crippen molar-refractivity contribution in [3.63, 3.8) is 0 Å². The van der Waals surface area contributed by atoms with Crippen LogP contribution in [-0.2, 0) is 19.1 Å². The van der Waals surface area contributed by atoms with Gasteiger partial charge in [-0.25, -0.2) is 0 Å². The van der Waals surface area contributed by atoms with E-state index >= 15 is 0 Å². The van der Waals surface area contributed by atoms with Gasteiger partial charge in [-0.3, -0.25) is 9.59 Å². The fourth-order valence-electron chi connectivity index (χ4n) is 3.65. The van der Waals surface area contributed by atoms with Crippen LogP contribution in [0.1, 0.15) is 32.1 Å². The number of ketones is 2. The van der Waals surface area contributed by atoms with Crippen molar-refractivity contribution in [2.75, 3.05) is 20.8 Å². The van der Waals surface area contributed by atoms with E-state index in [4.69, 9.17) is 14.2 Å². The number of ether oxygens (including phenoxy) is 3. The average molecular weight is 356 g/mol. The van der Waals surface area contributed by atoms with Crippen LogP contribution in [0.25, 0.3) is 0 Å². The summed E-state index contributed by atoms with van der Waals surface area (Å²) in [5, 5.41) is 0. The SMILES string of the molecule is COC1=C(OC)C(=O)C2=C(CC(CCCCOc3ccccc3)C2)C1=O. The molecule has 1 aromatic rings. The van der Waals surface area contributed by atoms with Crippen molar-refractivity contribution in [1.82, 2.24) is 0 Å². The molecule has 0 spiro atoms. The third-order valence-corrected chi connectivity index (χ3v) is 4.94. The van der Waals surface area contributed by atoms with Crippen LogP contribution in [-0.4, -0.2) is 32.4 Å². The summed E-state index contributed by atoms with van der Waals surface area (Å²) in [4.78, 5) is 25.1. The van der Waals surface area contributed by atoms with Gasteiger partial charge in [0, 0.05) is 11.1 Å². The third kappa shape index (κ3) is 3.66. The fraction of sp³-hybridized carbons (Fsp3) is 0.429. The smallest absolute Gasteiger partial charge is 0.228 e. The Morgan fingerprint density at radius 2 is 1.46 bits per heavy atom. The third-order valence-electron chi connectivity index (χ3n) is 4.94. The second-order valence-electron chi connectivity index (χ2n) is 6.61. The highest BCUT2D eigenvalue weighted by Crippen LogP contribution is 2.41. The number of hydrogen-bond donors (Lipinski definition) is 0. The monoisotopic (exact) mass is 356 g/mol. The maximum atomic E-state index is 12.5. The summed E-state index contributed by atoms with van der Waals surface area (Å²) >= 11 is 0. The molecule has 2 aliphatic rings. The van der Waals surface area contributed by atoms with Gasteiger partial charge in [-0.2, -0.15) is 0 Å². The zero-order chi connectivity index (χ0) is 18.5. The Labute approximate surface area is 153 Å². The van der Waals surface area contributed by atoms with Crippen LogP contribution in [0.4, 0.5) is 0 Å². The minimum Gasteiger partial charge on any atom is -0.494 e. The lowest BCUT2D eigenvalue weighted by atomic mass is 9.94. The van der Waals surface area contributed by atoms with Crippen LogP contribution in [0.5, 0.6) is 5.75 Å². The second kappa shape index (κ2) is 8.21. The molecule has 0 saturated heterocycles. The molecule has 0 unspecified atom stereocenters. The molecule has 138 valence electrons. The number of carbonyl (C=O) groups is 2. The zero-order valence-electron chi connectivity index (χ0n) is 15.2. The molecule has 0 atom stereocenters. The van der Waals surface area contributed by atoms with Gasteiger partial charge in [0.15, 0.2) is 0 Å². The Bertz CT molecular complexity index is 707. The number of hydrogen-bond acceptors (Lipinski definition) is 5. The predicted octanol–water partition coefficient (Wildman–Crippen LogP) is 3.60. The zero-order valence-corrected chi connectivity index (χ0v) is 15.2. The van der Waals surface area contributed by atoms with Crippen LogP contribution in [0, 0.1) is 5.92 Å². The van der Waals surface area contributed by atoms with Crippen LogP contribution < -0.4 is 4.74 Å². The number of benzene rings is 1. The van der Waals surface area contributed by atoms with Gasteiger partial charge in [-0.1, -0.05) is 18.2 Å². The highest BCUT2D eigenvalue weighted by Gasteiger charge is 2.41. The first-order valence-electron chi connectivity index (χ1n) is 8.97. The summed E-state index contributed by atoms with van der Waals surface area (Å²) in [6.07, 6.45) is 4.20. The Morgan fingerprint density at radius 3 is 2.00 bits per heavy atom. The quantitative estimate of drug-likeness (QED) is 0.526. The number of unbranched alkanes of at least 4 members (excludes halogenated alkanes) is 1. The highest BCUT2D eigenvalue weighted by atomic mass is 16.5. The van der Waals surface area contributed by atoms with E-state index < -0.39 is 0 Å².